The first-order valence-corrected chi connectivity index (χ1v) is 5.53. The molecular formula is C10H16N4. The predicted molar refractivity (Wildman–Crippen MR) is 52.3 cm³/mol. The molecule has 0 N–H and O–H groups in total. The summed E-state index contributed by atoms with van der Waals surface area (Å²) >= 11 is 0. The number of rotatable bonds is 0. The van der Waals surface area contributed by atoms with E-state index in [-0.39, 0.29) is 6.04 Å². The van der Waals surface area contributed by atoms with Crippen LogP contribution in [-0.2, 0) is 0 Å². The molecule has 0 aliphatic carbocycles. The molecule has 0 unspecified atom stereocenters. The highest BCUT2D eigenvalue weighted by Gasteiger charge is 2.45. The molecule has 2 atom stereocenters. The Balaban J connectivity index is 1.88. The zero-order valence-corrected chi connectivity index (χ0v) is 8.39. The Morgan fingerprint density at radius 1 is 1.00 bits per heavy atom. The smallest absolute Gasteiger partial charge is 0.120 e. The van der Waals surface area contributed by atoms with Gasteiger partial charge in [-0.25, -0.2) is 0 Å². The van der Waals surface area contributed by atoms with Gasteiger partial charge >= 0.3 is 0 Å². The molecule has 0 bridgehead atoms. The van der Waals surface area contributed by atoms with Crippen molar-refractivity contribution in [2.24, 2.45) is 0 Å². The van der Waals surface area contributed by atoms with Crippen LogP contribution in [-0.4, -0.2) is 59.8 Å². The van der Waals surface area contributed by atoms with Gasteiger partial charge in [0.05, 0.1) is 6.07 Å². The summed E-state index contributed by atoms with van der Waals surface area (Å²) in [5.74, 6) is 0. The fraction of sp³-hybridized carbons (Fsp3) is 0.900. The minimum atomic E-state index is 0.140. The Morgan fingerprint density at radius 3 is 2.50 bits per heavy atom. The largest absolute Gasteiger partial charge is 0.275 e. The number of nitriles is 1. The summed E-state index contributed by atoms with van der Waals surface area (Å²) in [6.45, 7) is 5.68. The van der Waals surface area contributed by atoms with Crippen molar-refractivity contribution in [3.8, 4) is 6.07 Å². The van der Waals surface area contributed by atoms with Crippen LogP contribution in [0, 0.1) is 11.3 Å². The topological polar surface area (TPSA) is 33.5 Å². The first kappa shape index (κ1) is 8.66. The summed E-state index contributed by atoms with van der Waals surface area (Å²) in [5.41, 5.74) is 0. The molecule has 0 spiro atoms. The Hall–Kier alpha value is -0.630. The van der Waals surface area contributed by atoms with E-state index in [9.17, 15) is 0 Å². The first-order valence-electron chi connectivity index (χ1n) is 5.53. The maximum absolute atomic E-state index is 9.09. The van der Waals surface area contributed by atoms with Crippen LogP contribution >= 0.6 is 0 Å². The molecule has 3 saturated heterocycles. The highest BCUT2D eigenvalue weighted by atomic mass is 15.6. The van der Waals surface area contributed by atoms with Crippen LogP contribution in [0.25, 0.3) is 0 Å². The van der Waals surface area contributed by atoms with Crippen molar-refractivity contribution in [1.29, 1.82) is 5.26 Å². The van der Waals surface area contributed by atoms with Gasteiger partial charge in [0.25, 0.3) is 0 Å². The third-order valence-corrected chi connectivity index (χ3v) is 3.66. The predicted octanol–water partition coefficient (Wildman–Crippen LogP) is -0.111. The van der Waals surface area contributed by atoms with E-state index in [1.165, 1.54) is 32.5 Å². The normalized spacial score (nSPS) is 39.4. The molecule has 0 amide bonds. The van der Waals surface area contributed by atoms with Gasteiger partial charge in [0.2, 0.25) is 0 Å². The highest BCUT2D eigenvalue weighted by molar-refractivity contribution is 5.04. The summed E-state index contributed by atoms with van der Waals surface area (Å²) in [6.07, 6.45) is 2.95. The van der Waals surface area contributed by atoms with Crippen molar-refractivity contribution >= 4 is 0 Å². The molecule has 3 aliphatic heterocycles. The molecule has 0 radical (unpaired) electrons. The van der Waals surface area contributed by atoms with Gasteiger partial charge in [-0.1, -0.05) is 0 Å². The average molecular weight is 192 g/mol. The van der Waals surface area contributed by atoms with E-state index in [2.05, 4.69) is 20.8 Å². The van der Waals surface area contributed by atoms with E-state index in [1.54, 1.807) is 0 Å². The van der Waals surface area contributed by atoms with Gasteiger partial charge in [0.1, 0.15) is 12.3 Å². The minimum absolute atomic E-state index is 0.140. The fourth-order valence-electron chi connectivity index (χ4n) is 3.10. The fourth-order valence-corrected chi connectivity index (χ4v) is 3.10. The van der Waals surface area contributed by atoms with Crippen LogP contribution in [0.15, 0.2) is 0 Å². The number of nitrogens with zero attached hydrogens (tertiary/aromatic N) is 4. The summed E-state index contributed by atoms with van der Waals surface area (Å²) in [6, 6.07) is 2.57. The third kappa shape index (κ3) is 1.10. The van der Waals surface area contributed by atoms with Crippen LogP contribution < -0.4 is 0 Å². The Labute approximate surface area is 84.7 Å². The van der Waals surface area contributed by atoms with Crippen molar-refractivity contribution in [2.75, 3.05) is 32.7 Å². The van der Waals surface area contributed by atoms with Crippen LogP contribution in [0.1, 0.15) is 12.8 Å². The van der Waals surface area contributed by atoms with Crippen molar-refractivity contribution in [2.45, 2.75) is 25.2 Å². The molecule has 3 aliphatic rings. The standard InChI is InChI=1S/C10H16N4/c11-7-9-8-13-5-1-3-12-4-2-6-14(9)10(12)13/h9-10H,1-6,8H2/t9-,10-/m0/s1. The molecule has 0 aromatic carbocycles. The summed E-state index contributed by atoms with van der Waals surface area (Å²) in [4.78, 5) is 7.38. The lowest BCUT2D eigenvalue weighted by Gasteiger charge is -2.46. The van der Waals surface area contributed by atoms with Crippen LogP contribution in [0.2, 0.25) is 0 Å². The molecule has 3 fully saturated rings. The van der Waals surface area contributed by atoms with Gasteiger partial charge < -0.3 is 0 Å². The molecule has 14 heavy (non-hydrogen) atoms. The second-order valence-corrected chi connectivity index (χ2v) is 4.47. The van der Waals surface area contributed by atoms with Crippen LogP contribution in [0.5, 0.6) is 0 Å². The van der Waals surface area contributed by atoms with E-state index >= 15 is 0 Å². The first-order chi connectivity index (χ1) is 6.90. The van der Waals surface area contributed by atoms with Crippen LogP contribution in [0.4, 0.5) is 0 Å². The van der Waals surface area contributed by atoms with E-state index in [0.717, 1.165) is 13.1 Å². The highest BCUT2D eigenvalue weighted by Crippen LogP contribution is 2.29. The summed E-state index contributed by atoms with van der Waals surface area (Å²) < 4.78 is 0. The van der Waals surface area contributed by atoms with Gasteiger partial charge in [-0.2, -0.15) is 5.26 Å². The maximum Gasteiger partial charge on any atom is 0.120 e. The molecule has 4 heteroatoms. The molecule has 76 valence electrons. The molecule has 3 rings (SSSR count). The Morgan fingerprint density at radius 2 is 1.71 bits per heavy atom. The average Bonchev–Trinajstić information content (AvgIpc) is 2.60. The molecule has 4 nitrogen and oxygen atoms in total. The third-order valence-electron chi connectivity index (χ3n) is 3.66. The van der Waals surface area contributed by atoms with Gasteiger partial charge in [-0.3, -0.25) is 14.7 Å². The quantitative estimate of drug-likeness (QED) is 0.536. The van der Waals surface area contributed by atoms with E-state index in [4.69, 9.17) is 5.26 Å². The van der Waals surface area contributed by atoms with E-state index in [1.807, 2.05) is 0 Å². The summed E-state index contributed by atoms with van der Waals surface area (Å²) in [5, 5.41) is 9.09. The lowest BCUT2D eigenvalue weighted by atomic mass is 10.2. The van der Waals surface area contributed by atoms with Gasteiger partial charge in [0.15, 0.2) is 0 Å². The van der Waals surface area contributed by atoms with Gasteiger partial charge in [0, 0.05) is 32.7 Å². The minimum Gasteiger partial charge on any atom is -0.275 e. The molecular weight excluding hydrogens is 176 g/mol. The second-order valence-electron chi connectivity index (χ2n) is 4.47. The van der Waals surface area contributed by atoms with Crippen molar-refractivity contribution < 1.29 is 0 Å². The van der Waals surface area contributed by atoms with Gasteiger partial charge in [-0.15, -0.1) is 0 Å². The molecule has 0 aromatic rings. The number of hydrogen-bond acceptors (Lipinski definition) is 4. The molecule has 3 heterocycles. The SMILES string of the molecule is N#C[C@H]1CN2CCCN3CCCN1[C@@H]32. The van der Waals surface area contributed by atoms with Crippen molar-refractivity contribution in [1.82, 2.24) is 14.7 Å². The maximum atomic E-state index is 9.09. The van der Waals surface area contributed by atoms with E-state index in [0.29, 0.717) is 6.29 Å². The molecule has 0 aromatic heterocycles. The lowest BCUT2D eigenvalue weighted by Crippen LogP contribution is -2.60. The van der Waals surface area contributed by atoms with Crippen molar-refractivity contribution in [3.63, 3.8) is 0 Å². The monoisotopic (exact) mass is 192 g/mol. The van der Waals surface area contributed by atoms with E-state index < -0.39 is 0 Å². The lowest BCUT2D eigenvalue weighted by molar-refractivity contribution is -0.0711. The van der Waals surface area contributed by atoms with Gasteiger partial charge in [-0.05, 0) is 12.8 Å². The second kappa shape index (κ2) is 3.20. The Bertz CT molecular complexity index is 270. The zero-order chi connectivity index (χ0) is 9.54. The number of hydrogen-bond donors (Lipinski definition) is 0. The Kier molecular flexibility index (Phi) is 1.98. The zero-order valence-electron chi connectivity index (χ0n) is 8.39. The van der Waals surface area contributed by atoms with Crippen LogP contribution in [0.3, 0.4) is 0 Å². The summed E-state index contributed by atoms with van der Waals surface area (Å²) in [7, 11) is 0. The molecule has 0 saturated carbocycles. The van der Waals surface area contributed by atoms with Crippen molar-refractivity contribution in [3.05, 3.63) is 0 Å².